The second-order valence-electron chi connectivity index (χ2n) is 4.34. The number of carbonyl (C=O) groups excluding carboxylic acids is 1. The Morgan fingerprint density at radius 3 is 2.30 bits per heavy atom. The van der Waals surface area contributed by atoms with E-state index in [1.165, 1.54) is 21.1 Å². The van der Waals surface area contributed by atoms with Crippen molar-refractivity contribution in [3.63, 3.8) is 0 Å². The normalized spacial score (nSPS) is 10.4. The number of carbonyl (C=O) groups is 1. The molecule has 0 saturated carbocycles. The molecule has 20 heavy (non-hydrogen) atoms. The molecule has 0 radical (unpaired) electrons. The Morgan fingerprint density at radius 1 is 1.10 bits per heavy atom. The van der Waals surface area contributed by atoms with Crippen LogP contribution in [0.2, 0.25) is 0 Å². The molecule has 0 aliphatic rings. The molecular weight excluding hydrogens is 260 g/mol. The lowest BCUT2D eigenvalue weighted by Crippen LogP contribution is -2.05. The molecule has 2 rings (SSSR count). The second-order valence-corrected chi connectivity index (χ2v) is 4.34. The highest BCUT2D eigenvalue weighted by Gasteiger charge is 2.24. The van der Waals surface area contributed by atoms with Crippen LogP contribution >= 0.6 is 0 Å². The number of esters is 1. The molecule has 2 aromatic rings. The van der Waals surface area contributed by atoms with E-state index >= 15 is 0 Å². The predicted molar refractivity (Wildman–Crippen MR) is 74.8 cm³/mol. The third-order valence-electron chi connectivity index (χ3n) is 3.04. The van der Waals surface area contributed by atoms with E-state index in [-0.39, 0.29) is 23.0 Å². The lowest BCUT2D eigenvalue weighted by molar-refractivity contribution is -0.131. The van der Waals surface area contributed by atoms with Gasteiger partial charge in [0.25, 0.3) is 0 Å². The van der Waals surface area contributed by atoms with Crippen LogP contribution < -0.4 is 14.2 Å². The van der Waals surface area contributed by atoms with Gasteiger partial charge in [-0.2, -0.15) is 0 Å². The quantitative estimate of drug-likeness (QED) is 0.689. The molecule has 0 unspecified atom stereocenters. The van der Waals surface area contributed by atoms with Gasteiger partial charge in [-0.1, -0.05) is 18.2 Å². The minimum absolute atomic E-state index is 0.0339. The van der Waals surface area contributed by atoms with Gasteiger partial charge in [0.15, 0.2) is 11.5 Å². The summed E-state index contributed by atoms with van der Waals surface area (Å²) in [5.74, 6) is 0.0735. The van der Waals surface area contributed by atoms with E-state index in [1.54, 1.807) is 6.07 Å². The third-order valence-corrected chi connectivity index (χ3v) is 3.04. The molecular formula is C15H16O5. The summed E-state index contributed by atoms with van der Waals surface area (Å²) < 4.78 is 15.7. The average Bonchev–Trinajstić information content (AvgIpc) is 2.40. The maximum Gasteiger partial charge on any atom is 0.308 e. The van der Waals surface area contributed by atoms with Gasteiger partial charge in [0.2, 0.25) is 11.5 Å². The van der Waals surface area contributed by atoms with Crippen LogP contribution in [0.4, 0.5) is 0 Å². The first-order chi connectivity index (χ1) is 9.51. The van der Waals surface area contributed by atoms with Gasteiger partial charge in [-0.3, -0.25) is 4.79 Å². The summed E-state index contributed by atoms with van der Waals surface area (Å²) in [5.41, 5.74) is 0.842. The largest absolute Gasteiger partial charge is 0.504 e. The Hall–Kier alpha value is -2.43. The molecule has 0 amide bonds. The van der Waals surface area contributed by atoms with Crippen LogP contribution in [0.3, 0.4) is 0 Å². The maximum absolute atomic E-state index is 11.3. The lowest BCUT2D eigenvalue weighted by atomic mass is 10.0. The SMILES string of the molecule is COc1c(OC)c(O)c2c(C)cccc2c1OC(C)=O. The molecule has 0 atom stereocenters. The number of fused-ring (bicyclic) bond motifs is 1. The fourth-order valence-corrected chi connectivity index (χ4v) is 2.24. The highest BCUT2D eigenvalue weighted by atomic mass is 16.6. The van der Waals surface area contributed by atoms with E-state index in [9.17, 15) is 9.90 Å². The van der Waals surface area contributed by atoms with E-state index in [4.69, 9.17) is 14.2 Å². The van der Waals surface area contributed by atoms with Gasteiger partial charge in [0.05, 0.1) is 14.2 Å². The van der Waals surface area contributed by atoms with Gasteiger partial charge in [-0.25, -0.2) is 0 Å². The van der Waals surface area contributed by atoms with Crippen molar-refractivity contribution >= 4 is 16.7 Å². The van der Waals surface area contributed by atoms with Crippen molar-refractivity contribution in [2.75, 3.05) is 14.2 Å². The molecule has 0 aromatic heterocycles. The molecule has 0 aliphatic carbocycles. The summed E-state index contributed by atoms with van der Waals surface area (Å²) in [6.07, 6.45) is 0. The maximum atomic E-state index is 11.3. The number of benzene rings is 2. The predicted octanol–water partition coefficient (Wildman–Crippen LogP) is 2.80. The molecule has 0 fully saturated rings. The van der Waals surface area contributed by atoms with Crippen LogP contribution in [0.5, 0.6) is 23.0 Å². The Kier molecular flexibility index (Phi) is 3.70. The van der Waals surface area contributed by atoms with Crippen LogP contribution in [-0.2, 0) is 4.79 Å². The van der Waals surface area contributed by atoms with Gasteiger partial charge in [0, 0.05) is 17.7 Å². The van der Waals surface area contributed by atoms with Crippen LogP contribution in [0.25, 0.3) is 10.8 Å². The Balaban J connectivity index is 2.95. The molecule has 0 saturated heterocycles. The summed E-state index contributed by atoms with van der Waals surface area (Å²) in [4.78, 5) is 11.3. The number of rotatable bonds is 3. The summed E-state index contributed by atoms with van der Waals surface area (Å²) in [7, 11) is 2.84. The van der Waals surface area contributed by atoms with E-state index in [2.05, 4.69) is 0 Å². The minimum Gasteiger partial charge on any atom is -0.504 e. The van der Waals surface area contributed by atoms with Gasteiger partial charge in [-0.15, -0.1) is 0 Å². The monoisotopic (exact) mass is 276 g/mol. The molecule has 0 heterocycles. The molecule has 5 nitrogen and oxygen atoms in total. The average molecular weight is 276 g/mol. The standard InChI is InChI=1S/C15H16O5/c1-8-6-5-7-10-11(8)12(17)14(18-3)15(19-4)13(10)20-9(2)16/h5-7,17H,1-4H3. The first-order valence-electron chi connectivity index (χ1n) is 6.05. The van der Waals surface area contributed by atoms with E-state index in [1.807, 2.05) is 19.1 Å². The Labute approximate surface area is 116 Å². The lowest BCUT2D eigenvalue weighted by Gasteiger charge is -2.17. The van der Waals surface area contributed by atoms with E-state index < -0.39 is 5.97 Å². The molecule has 5 heteroatoms. The number of methoxy groups -OCH3 is 2. The van der Waals surface area contributed by atoms with Gasteiger partial charge in [0.1, 0.15) is 0 Å². The number of aryl methyl sites for hydroxylation is 1. The van der Waals surface area contributed by atoms with Crippen molar-refractivity contribution in [2.24, 2.45) is 0 Å². The van der Waals surface area contributed by atoms with Crippen molar-refractivity contribution in [1.82, 2.24) is 0 Å². The first kappa shape index (κ1) is 14.0. The number of phenolic OH excluding ortho intramolecular Hbond substituents is 1. The first-order valence-corrected chi connectivity index (χ1v) is 6.05. The molecule has 0 aliphatic heterocycles. The highest BCUT2D eigenvalue weighted by Crippen LogP contribution is 2.51. The van der Waals surface area contributed by atoms with E-state index in [0.29, 0.717) is 10.8 Å². The number of ether oxygens (including phenoxy) is 3. The zero-order valence-corrected chi connectivity index (χ0v) is 11.8. The molecule has 1 N–H and O–H groups in total. The zero-order chi connectivity index (χ0) is 14.9. The molecule has 2 aromatic carbocycles. The number of hydrogen-bond donors (Lipinski definition) is 1. The van der Waals surface area contributed by atoms with Crippen LogP contribution in [-0.4, -0.2) is 25.3 Å². The zero-order valence-electron chi connectivity index (χ0n) is 11.8. The second kappa shape index (κ2) is 5.28. The fourth-order valence-electron chi connectivity index (χ4n) is 2.24. The smallest absolute Gasteiger partial charge is 0.308 e. The van der Waals surface area contributed by atoms with E-state index in [0.717, 1.165) is 5.56 Å². The van der Waals surface area contributed by atoms with Crippen molar-refractivity contribution in [3.05, 3.63) is 23.8 Å². The fraction of sp³-hybridized carbons (Fsp3) is 0.267. The molecule has 106 valence electrons. The Bertz CT molecular complexity index is 676. The highest BCUT2D eigenvalue weighted by molar-refractivity contribution is 6.01. The van der Waals surface area contributed by atoms with Crippen molar-refractivity contribution in [1.29, 1.82) is 0 Å². The van der Waals surface area contributed by atoms with Gasteiger partial charge >= 0.3 is 5.97 Å². The Morgan fingerprint density at radius 2 is 1.75 bits per heavy atom. The van der Waals surface area contributed by atoms with Crippen molar-refractivity contribution < 1.29 is 24.1 Å². The van der Waals surface area contributed by atoms with Crippen molar-refractivity contribution in [3.8, 4) is 23.0 Å². The summed E-state index contributed by atoms with van der Waals surface area (Å²) in [6, 6.07) is 5.42. The van der Waals surface area contributed by atoms with Crippen LogP contribution in [0, 0.1) is 6.92 Å². The van der Waals surface area contributed by atoms with Crippen LogP contribution in [0.15, 0.2) is 18.2 Å². The summed E-state index contributed by atoms with van der Waals surface area (Å²) >= 11 is 0. The number of aromatic hydroxyl groups is 1. The minimum atomic E-state index is -0.473. The molecule has 0 bridgehead atoms. The van der Waals surface area contributed by atoms with Gasteiger partial charge in [-0.05, 0) is 12.5 Å². The topological polar surface area (TPSA) is 65.0 Å². The van der Waals surface area contributed by atoms with Crippen molar-refractivity contribution in [2.45, 2.75) is 13.8 Å². The number of phenols is 1. The summed E-state index contributed by atoms with van der Waals surface area (Å²) in [6.45, 7) is 3.16. The number of hydrogen-bond acceptors (Lipinski definition) is 5. The third kappa shape index (κ3) is 2.11. The van der Waals surface area contributed by atoms with Crippen LogP contribution in [0.1, 0.15) is 12.5 Å². The summed E-state index contributed by atoms with van der Waals surface area (Å²) in [5, 5.41) is 11.5. The van der Waals surface area contributed by atoms with Gasteiger partial charge < -0.3 is 19.3 Å². The molecule has 0 spiro atoms.